The molecule has 6 rings (SSSR count). The number of aromatic nitrogens is 1. The summed E-state index contributed by atoms with van der Waals surface area (Å²) in [6, 6.07) is 22.7. The second-order valence-corrected chi connectivity index (χ2v) is 8.66. The van der Waals surface area contributed by atoms with Crippen LogP contribution in [0, 0.1) is 12.8 Å². The van der Waals surface area contributed by atoms with Gasteiger partial charge in [-0.05, 0) is 49.6 Å². The van der Waals surface area contributed by atoms with Crippen LogP contribution in [0.5, 0.6) is 0 Å². The first-order valence-corrected chi connectivity index (χ1v) is 10.7. The Morgan fingerprint density at radius 1 is 0.966 bits per heavy atom. The lowest BCUT2D eigenvalue weighted by Crippen LogP contribution is -2.36. The van der Waals surface area contributed by atoms with Gasteiger partial charge in [-0.2, -0.15) is 0 Å². The molecular formula is C26H26N2O. The number of anilines is 1. The number of aryl methyl sites for hydroxylation is 2. The van der Waals surface area contributed by atoms with Crippen molar-refractivity contribution in [2.75, 3.05) is 11.9 Å². The maximum atomic E-state index is 6.33. The largest absolute Gasteiger partial charge is 0.378 e. The van der Waals surface area contributed by atoms with Crippen LogP contribution in [-0.2, 0) is 11.8 Å². The Morgan fingerprint density at radius 2 is 1.83 bits per heavy atom. The average Bonchev–Trinajstić information content (AvgIpc) is 3.05. The fraction of sp³-hybridized carbons (Fsp3) is 0.308. The summed E-state index contributed by atoms with van der Waals surface area (Å²) >= 11 is 0. The summed E-state index contributed by atoms with van der Waals surface area (Å²) in [6.45, 7) is 3.03. The van der Waals surface area contributed by atoms with Crippen molar-refractivity contribution in [3.05, 3.63) is 77.4 Å². The SMILES string of the molecule is Cc1ccc2c(c1)C1OCCCC1[C@H](c1ccc3c(c1)c1ccccc1n3C)N2. The van der Waals surface area contributed by atoms with E-state index in [-0.39, 0.29) is 12.1 Å². The third-order valence-electron chi connectivity index (χ3n) is 6.92. The standard InChI is InChI=1S/C26H26N2O/c1-16-9-11-22-21(14-16)26-19(7-5-13-29-26)25(27-22)17-10-12-24-20(15-17)18-6-3-4-8-23(18)28(24)2/h3-4,6,8-12,14-15,19,25-27H,5,7,13H2,1-2H3/t19?,25-,26?/m0/s1. The highest BCUT2D eigenvalue weighted by molar-refractivity contribution is 6.08. The van der Waals surface area contributed by atoms with Crippen molar-refractivity contribution < 1.29 is 4.74 Å². The maximum absolute atomic E-state index is 6.33. The Labute approximate surface area is 171 Å². The van der Waals surface area contributed by atoms with E-state index in [0.717, 1.165) is 13.0 Å². The van der Waals surface area contributed by atoms with Gasteiger partial charge in [0.1, 0.15) is 0 Å². The van der Waals surface area contributed by atoms with E-state index >= 15 is 0 Å². The Bertz CT molecular complexity index is 1240. The van der Waals surface area contributed by atoms with Crippen LogP contribution < -0.4 is 5.32 Å². The summed E-state index contributed by atoms with van der Waals surface area (Å²) in [5.74, 6) is 0.463. The molecule has 3 heteroatoms. The maximum Gasteiger partial charge on any atom is 0.0895 e. The van der Waals surface area contributed by atoms with E-state index in [1.807, 2.05) is 0 Å². The van der Waals surface area contributed by atoms with E-state index in [2.05, 4.69) is 84.5 Å². The number of hydrogen-bond acceptors (Lipinski definition) is 2. The number of fused-ring (bicyclic) bond motifs is 6. The normalized spacial score (nSPS) is 23.6. The van der Waals surface area contributed by atoms with Gasteiger partial charge in [0.2, 0.25) is 0 Å². The van der Waals surface area contributed by atoms with Crippen molar-refractivity contribution in [3.63, 3.8) is 0 Å². The Hall–Kier alpha value is -2.78. The van der Waals surface area contributed by atoms with Crippen LogP contribution in [0.1, 0.15) is 41.7 Å². The molecule has 146 valence electrons. The number of nitrogens with one attached hydrogen (secondary N) is 1. The Balaban J connectivity index is 1.51. The van der Waals surface area contributed by atoms with Crippen LogP contribution >= 0.6 is 0 Å². The average molecular weight is 383 g/mol. The topological polar surface area (TPSA) is 26.2 Å². The molecule has 3 nitrogen and oxygen atoms in total. The monoisotopic (exact) mass is 382 g/mol. The number of benzene rings is 3. The first-order valence-electron chi connectivity index (χ1n) is 10.7. The molecule has 0 saturated carbocycles. The van der Waals surface area contributed by atoms with Gasteiger partial charge in [0.05, 0.1) is 12.1 Å². The van der Waals surface area contributed by atoms with Gasteiger partial charge in [0.25, 0.3) is 0 Å². The Kier molecular flexibility index (Phi) is 3.75. The summed E-state index contributed by atoms with van der Waals surface area (Å²) in [5.41, 5.74) is 7.79. The zero-order chi connectivity index (χ0) is 19.5. The summed E-state index contributed by atoms with van der Waals surface area (Å²) in [7, 11) is 2.16. The fourth-order valence-electron chi connectivity index (χ4n) is 5.50. The molecule has 0 amide bonds. The molecule has 2 unspecified atom stereocenters. The zero-order valence-electron chi connectivity index (χ0n) is 17.0. The lowest BCUT2D eigenvalue weighted by molar-refractivity contribution is -0.0381. The predicted octanol–water partition coefficient (Wildman–Crippen LogP) is 6.27. The molecule has 1 saturated heterocycles. The van der Waals surface area contributed by atoms with Gasteiger partial charge in [-0.1, -0.05) is 42.0 Å². The molecule has 4 aromatic rings. The molecule has 0 spiro atoms. The van der Waals surface area contributed by atoms with Crippen molar-refractivity contribution in [2.24, 2.45) is 13.0 Å². The van der Waals surface area contributed by atoms with E-state index in [0.29, 0.717) is 5.92 Å². The summed E-state index contributed by atoms with van der Waals surface area (Å²) in [6.07, 6.45) is 2.52. The minimum absolute atomic E-state index is 0.188. The molecule has 1 aromatic heterocycles. The molecule has 3 atom stereocenters. The Morgan fingerprint density at radius 3 is 2.76 bits per heavy atom. The molecule has 0 bridgehead atoms. The van der Waals surface area contributed by atoms with Crippen molar-refractivity contribution in [3.8, 4) is 0 Å². The third kappa shape index (κ3) is 2.54. The van der Waals surface area contributed by atoms with Gasteiger partial charge in [-0.15, -0.1) is 0 Å². The van der Waals surface area contributed by atoms with Gasteiger partial charge >= 0.3 is 0 Å². The smallest absolute Gasteiger partial charge is 0.0895 e. The first-order chi connectivity index (χ1) is 14.2. The van der Waals surface area contributed by atoms with Crippen molar-refractivity contribution in [2.45, 2.75) is 31.9 Å². The van der Waals surface area contributed by atoms with Gasteiger partial charge in [0, 0.05) is 52.6 Å². The lowest BCUT2D eigenvalue weighted by Gasteiger charge is -2.43. The predicted molar refractivity (Wildman–Crippen MR) is 119 cm³/mol. The quantitative estimate of drug-likeness (QED) is 0.420. The highest BCUT2D eigenvalue weighted by Crippen LogP contribution is 2.49. The lowest BCUT2D eigenvalue weighted by atomic mass is 9.77. The van der Waals surface area contributed by atoms with Gasteiger partial charge in [0.15, 0.2) is 0 Å². The van der Waals surface area contributed by atoms with Gasteiger partial charge in [-0.25, -0.2) is 0 Å². The van der Waals surface area contributed by atoms with Crippen LogP contribution in [0.25, 0.3) is 21.8 Å². The minimum atomic E-state index is 0.188. The molecule has 0 radical (unpaired) electrons. The van der Waals surface area contributed by atoms with E-state index < -0.39 is 0 Å². The minimum Gasteiger partial charge on any atom is -0.378 e. The molecule has 3 heterocycles. The fourth-order valence-corrected chi connectivity index (χ4v) is 5.50. The molecule has 1 fully saturated rings. The first kappa shape index (κ1) is 17.1. The van der Waals surface area contributed by atoms with E-state index in [1.54, 1.807) is 0 Å². The molecule has 2 aliphatic heterocycles. The number of rotatable bonds is 1. The highest BCUT2D eigenvalue weighted by atomic mass is 16.5. The zero-order valence-corrected chi connectivity index (χ0v) is 17.0. The molecule has 0 aliphatic carbocycles. The molecule has 1 N–H and O–H groups in total. The number of ether oxygens (including phenoxy) is 1. The van der Waals surface area contributed by atoms with Crippen LogP contribution in [0.3, 0.4) is 0 Å². The summed E-state index contributed by atoms with van der Waals surface area (Å²) in [4.78, 5) is 0. The number of nitrogens with zero attached hydrogens (tertiary/aromatic N) is 1. The van der Waals surface area contributed by atoms with Gasteiger partial charge in [-0.3, -0.25) is 0 Å². The molecular weight excluding hydrogens is 356 g/mol. The van der Waals surface area contributed by atoms with Crippen molar-refractivity contribution in [1.82, 2.24) is 4.57 Å². The van der Waals surface area contributed by atoms with E-state index in [4.69, 9.17) is 4.74 Å². The molecule has 2 aliphatic rings. The molecule has 3 aromatic carbocycles. The van der Waals surface area contributed by atoms with Crippen molar-refractivity contribution >= 4 is 27.5 Å². The van der Waals surface area contributed by atoms with Crippen LogP contribution in [0.2, 0.25) is 0 Å². The van der Waals surface area contributed by atoms with E-state index in [1.165, 1.54) is 50.6 Å². The summed E-state index contributed by atoms with van der Waals surface area (Å²) in [5, 5.41) is 6.54. The summed E-state index contributed by atoms with van der Waals surface area (Å²) < 4.78 is 8.63. The second kappa shape index (κ2) is 6.36. The third-order valence-corrected chi connectivity index (χ3v) is 6.92. The number of para-hydroxylation sites is 1. The highest BCUT2D eigenvalue weighted by Gasteiger charge is 2.39. The van der Waals surface area contributed by atoms with Crippen LogP contribution in [-0.4, -0.2) is 11.2 Å². The number of hydrogen-bond donors (Lipinski definition) is 1. The van der Waals surface area contributed by atoms with Gasteiger partial charge < -0.3 is 14.6 Å². The van der Waals surface area contributed by atoms with Crippen LogP contribution in [0.4, 0.5) is 5.69 Å². The second-order valence-electron chi connectivity index (χ2n) is 8.66. The van der Waals surface area contributed by atoms with Crippen molar-refractivity contribution in [1.29, 1.82) is 0 Å². The van der Waals surface area contributed by atoms with Crippen LogP contribution in [0.15, 0.2) is 60.7 Å². The molecule has 29 heavy (non-hydrogen) atoms. The van der Waals surface area contributed by atoms with E-state index in [9.17, 15) is 0 Å².